The van der Waals surface area contributed by atoms with Gasteiger partial charge in [0.05, 0.1) is 0 Å². The molecule has 1 fully saturated rings. The van der Waals surface area contributed by atoms with Gasteiger partial charge in [-0.25, -0.2) is 0 Å². The summed E-state index contributed by atoms with van der Waals surface area (Å²) in [4.78, 5) is 28.8. The van der Waals surface area contributed by atoms with Crippen molar-refractivity contribution in [2.45, 2.75) is 45.1 Å². The van der Waals surface area contributed by atoms with E-state index >= 15 is 0 Å². The highest BCUT2D eigenvalue weighted by Gasteiger charge is 2.39. The first kappa shape index (κ1) is 14.1. The molecule has 2 amide bonds. The Bertz CT molecular complexity index is 549. The molecule has 1 aromatic rings. The van der Waals surface area contributed by atoms with Crippen LogP contribution in [0.4, 0.5) is 5.69 Å². The number of para-hydroxylation sites is 1. The normalized spacial score (nSPS) is 21.3. The second kappa shape index (κ2) is 5.88. The van der Waals surface area contributed by atoms with Gasteiger partial charge in [0.1, 0.15) is 6.04 Å². The number of carbonyl (C=O) groups excluding carboxylic acids is 2. The zero-order valence-corrected chi connectivity index (χ0v) is 12.5. The number of benzene rings is 1. The summed E-state index contributed by atoms with van der Waals surface area (Å²) < 4.78 is 0. The molecular weight excluding hydrogens is 264 g/mol. The van der Waals surface area contributed by atoms with Crippen molar-refractivity contribution in [2.75, 3.05) is 18.0 Å². The molecule has 1 saturated heterocycles. The number of piperidine rings is 1. The maximum Gasteiger partial charge on any atom is 0.246 e. The highest BCUT2D eigenvalue weighted by Crippen LogP contribution is 2.33. The van der Waals surface area contributed by atoms with Gasteiger partial charge in [0.15, 0.2) is 0 Å². The molecule has 3 rings (SSSR count). The Kier molecular flexibility index (Phi) is 3.95. The minimum atomic E-state index is -0.340. The fraction of sp³-hybridized carbons (Fsp3) is 0.529. The number of hydrogen-bond donors (Lipinski definition) is 0. The van der Waals surface area contributed by atoms with E-state index in [1.807, 2.05) is 36.1 Å². The predicted octanol–water partition coefficient (Wildman–Crippen LogP) is 2.37. The van der Waals surface area contributed by atoms with E-state index < -0.39 is 0 Å². The molecule has 2 heterocycles. The molecule has 2 aliphatic rings. The Morgan fingerprint density at radius 3 is 2.57 bits per heavy atom. The highest BCUT2D eigenvalue weighted by atomic mass is 16.2. The summed E-state index contributed by atoms with van der Waals surface area (Å²) in [6, 6.07) is 7.54. The lowest BCUT2D eigenvalue weighted by atomic mass is 10.1. The lowest BCUT2D eigenvalue weighted by Crippen LogP contribution is -2.50. The Morgan fingerprint density at radius 2 is 1.86 bits per heavy atom. The van der Waals surface area contributed by atoms with E-state index in [0.717, 1.165) is 37.2 Å². The number of hydrogen-bond acceptors (Lipinski definition) is 2. The van der Waals surface area contributed by atoms with Crippen molar-refractivity contribution in [3.05, 3.63) is 29.8 Å². The van der Waals surface area contributed by atoms with Crippen LogP contribution in [0, 0.1) is 0 Å². The van der Waals surface area contributed by atoms with Crippen LogP contribution >= 0.6 is 0 Å². The SMILES string of the molecule is CCC(=O)N1c2ccccc2C[C@H]1C(=O)N1CCCCC1. The zero-order chi connectivity index (χ0) is 14.8. The summed E-state index contributed by atoms with van der Waals surface area (Å²) in [5.41, 5.74) is 2.02. The van der Waals surface area contributed by atoms with Gasteiger partial charge in [-0.3, -0.25) is 14.5 Å². The largest absolute Gasteiger partial charge is 0.341 e. The van der Waals surface area contributed by atoms with Crippen molar-refractivity contribution in [2.24, 2.45) is 0 Å². The smallest absolute Gasteiger partial charge is 0.246 e. The second-order valence-corrected chi connectivity index (χ2v) is 5.85. The van der Waals surface area contributed by atoms with Gasteiger partial charge in [-0.05, 0) is 30.9 Å². The first-order valence-electron chi connectivity index (χ1n) is 7.91. The number of anilines is 1. The summed E-state index contributed by atoms with van der Waals surface area (Å²) >= 11 is 0. The lowest BCUT2D eigenvalue weighted by molar-refractivity contribution is -0.135. The minimum absolute atomic E-state index is 0.0373. The van der Waals surface area contributed by atoms with Crippen LogP contribution in [-0.2, 0) is 16.0 Å². The third kappa shape index (κ3) is 2.55. The second-order valence-electron chi connectivity index (χ2n) is 5.85. The molecule has 21 heavy (non-hydrogen) atoms. The number of amides is 2. The Labute approximate surface area is 125 Å². The third-order valence-corrected chi connectivity index (χ3v) is 4.50. The van der Waals surface area contributed by atoms with E-state index in [2.05, 4.69) is 0 Å². The Morgan fingerprint density at radius 1 is 1.14 bits per heavy atom. The topological polar surface area (TPSA) is 40.6 Å². The number of carbonyl (C=O) groups is 2. The molecule has 112 valence electrons. The summed E-state index contributed by atoms with van der Waals surface area (Å²) in [6.45, 7) is 3.52. The molecule has 0 aromatic heterocycles. The van der Waals surface area contributed by atoms with E-state index in [-0.39, 0.29) is 17.9 Å². The van der Waals surface area contributed by atoms with Crippen molar-refractivity contribution in [3.8, 4) is 0 Å². The van der Waals surface area contributed by atoms with Crippen LogP contribution in [0.2, 0.25) is 0 Å². The number of likely N-dealkylation sites (tertiary alicyclic amines) is 1. The van der Waals surface area contributed by atoms with E-state index in [1.54, 1.807) is 4.90 Å². The molecule has 0 radical (unpaired) electrons. The molecule has 0 aliphatic carbocycles. The van der Waals surface area contributed by atoms with Gasteiger partial charge < -0.3 is 4.90 Å². The predicted molar refractivity (Wildman–Crippen MR) is 82.1 cm³/mol. The Balaban J connectivity index is 1.87. The van der Waals surface area contributed by atoms with E-state index in [0.29, 0.717) is 12.8 Å². The third-order valence-electron chi connectivity index (χ3n) is 4.50. The van der Waals surface area contributed by atoms with Gasteiger partial charge in [-0.1, -0.05) is 25.1 Å². The summed E-state index contributed by atoms with van der Waals surface area (Å²) in [7, 11) is 0. The van der Waals surface area contributed by atoms with Crippen LogP contribution in [-0.4, -0.2) is 35.8 Å². The van der Waals surface area contributed by atoms with Crippen LogP contribution in [0.3, 0.4) is 0 Å². The molecule has 4 heteroatoms. The fourth-order valence-corrected chi connectivity index (χ4v) is 3.39. The average Bonchev–Trinajstić information content (AvgIpc) is 2.93. The van der Waals surface area contributed by atoms with Gasteiger partial charge in [-0.15, -0.1) is 0 Å². The van der Waals surface area contributed by atoms with Gasteiger partial charge in [0, 0.05) is 31.6 Å². The van der Waals surface area contributed by atoms with Gasteiger partial charge in [0.25, 0.3) is 0 Å². The van der Waals surface area contributed by atoms with Crippen LogP contribution in [0.1, 0.15) is 38.2 Å². The number of fused-ring (bicyclic) bond motifs is 1. The highest BCUT2D eigenvalue weighted by molar-refractivity contribution is 6.03. The summed E-state index contributed by atoms with van der Waals surface area (Å²) in [5, 5.41) is 0. The van der Waals surface area contributed by atoms with Crippen molar-refractivity contribution in [1.29, 1.82) is 0 Å². The standard InChI is InChI=1S/C17H22N2O2/c1-2-16(20)19-14-9-5-4-8-13(14)12-15(19)17(21)18-10-6-3-7-11-18/h4-5,8-9,15H,2-3,6-7,10-12H2,1H3/t15-/m0/s1. The molecule has 1 atom stereocenters. The van der Waals surface area contributed by atoms with Crippen molar-refractivity contribution < 1.29 is 9.59 Å². The van der Waals surface area contributed by atoms with Gasteiger partial charge in [0.2, 0.25) is 11.8 Å². The molecule has 0 N–H and O–H groups in total. The van der Waals surface area contributed by atoms with Crippen LogP contribution < -0.4 is 4.90 Å². The zero-order valence-electron chi connectivity index (χ0n) is 12.5. The van der Waals surface area contributed by atoms with Crippen molar-refractivity contribution in [3.63, 3.8) is 0 Å². The first-order chi connectivity index (χ1) is 10.2. The maximum atomic E-state index is 12.8. The lowest BCUT2D eigenvalue weighted by Gasteiger charge is -2.32. The Hall–Kier alpha value is -1.84. The molecule has 0 bridgehead atoms. The quantitative estimate of drug-likeness (QED) is 0.837. The number of rotatable bonds is 2. The average molecular weight is 286 g/mol. The fourth-order valence-electron chi connectivity index (χ4n) is 3.39. The number of nitrogens with zero attached hydrogens (tertiary/aromatic N) is 2. The van der Waals surface area contributed by atoms with E-state index in [1.165, 1.54) is 6.42 Å². The molecule has 4 nitrogen and oxygen atoms in total. The monoisotopic (exact) mass is 286 g/mol. The van der Waals surface area contributed by atoms with Crippen molar-refractivity contribution >= 4 is 17.5 Å². The van der Waals surface area contributed by atoms with Crippen LogP contribution in [0.15, 0.2) is 24.3 Å². The van der Waals surface area contributed by atoms with Gasteiger partial charge >= 0.3 is 0 Å². The molecule has 0 saturated carbocycles. The molecule has 2 aliphatic heterocycles. The summed E-state index contributed by atoms with van der Waals surface area (Å²) in [6.07, 6.45) is 4.43. The molecule has 0 unspecified atom stereocenters. The van der Waals surface area contributed by atoms with Gasteiger partial charge in [-0.2, -0.15) is 0 Å². The molecular formula is C17H22N2O2. The summed E-state index contributed by atoms with van der Waals surface area (Å²) in [5.74, 6) is 0.156. The van der Waals surface area contributed by atoms with E-state index in [9.17, 15) is 9.59 Å². The molecule has 0 spiro atoms. The van der Waals surface area contributed by atoms with Crippen LogP contribution in [0.5, 0.6) is 0 Å². The molecule has 1 aromatic carbocycles. The minimum Gasteiger partial charge on any atom is -0.341 e. The van der Waals surface area contributed by atoms with Crippen molar-refractivity contribution in [1.82, 2.24) is 4.90 Å². The van der Waals surface area contributed by atoms with Crippen LogP contribution in [0.25, 0.3) is 0 Å². The maximum absolute atomic E-state index is 12.8. The van der Waals surface area contributed by atoms with E-state index in [4.69, 9.17) is 0 Å². The first-order valence-corrected chi connectivity index (χ1v) is 7.91.